The van der Waals surface area contributed by atoms with Crippen LogP contribution < -0.4 is 0 Å². The van der Waals surface area contributed by atoms with Gasteiger partial charge in [-0.05, 0) is 11.1 Å². The van der Waals surface area contributed by atoms with Crippen molar-refractivity contribution < 1.29 is 5.11 Å². The Kier molecular flexibility index (Phi) is 3.92. The third-order valence-electron chi connectivity index (χ3n) is 5.27. The minimum atomic E-state index is -1.47. The minimum absolute atomic E-state index is 0.753. The van der Waals surface area contributed by atoms with Crippen molar-refractivity contribution in [2.75, 3.05) is 0 Å². The summed E-state index contributed by atoms with van der Waals surface area (Å²) >= 11 is 0. The van der Waals surface area contributed by atoms with Gasteiger partial charge in [-0.15, -0.1) is 0 Å². The van der Waals surface area contributed by atoms with Crippen molar-refractivity contribution in [3.05, 3.63) is 131 Å². The lowest BCUT2D eigenvalue weighted by atomic mass is 9.88. The summed E-state index contributed by atoms with van der Waals surface area (Å²) in [4.78, 5) is 5.00. The molecule has 0 amide bonds. The summed E-state index contributed by atoms with van der Waals surface area (Å²) in [6, 6.07) is 36.0. The molecule has 0 fully saturated rings. The van der Waals surface area contributed by atoms with E-state index in [0.717, 1.165) is 39.1 Å². The molecule has 2 heteroatoms. The van der Waals surface area contributed by atoms with Crippen LogP contribution in [0.25, 0.3) is 11.1 Å². The van der Waals surface area contributed by atoms with Gasteiger partial charge in [-0.2, -0.15) is 0 Å². The molecule has 5 rings (SSSR count). The lowest BCUT2D eigenvalue weighted by Crippen LogP contribution is -2.26. The molecule has 28 heavy (non-hydrogen) atoms. The topological polar surface area (TPSA) is 32.6 Å². The molecule has 0 saturated heterocycles. The Hall–Kier alpha value is -3.49. The molecule has 0 bridgehead atoms. The number of aliphatic imine (C=N–C) groups is 1. The second kappa shape index (κ2) is 6.59. The van der Waals surface area contributed by atoms with Gasteiger partial charge >= 0.3 is 0 Å². The average Bonchev–Trinajstić information content (AvgIpc) is 2.89. The number of hydrogen-bond acceptors (Lipinski definition) is 2. The SMILES string of the molecule is OC1(c2ccccc2)N=C(c2ccccc2)c2ccccc2-c2ccccc21. The van der Waals surface area contributed by atoms with Crippen LogP contribution >= 0.6 is 0 Å². The molecule has 0 saturated carbocycles. The highest BCUT2D eigenvalue weighted by atomic mass is 16.3. The fourth-order valence-corrected chi connectivity index (χ4v) is 3.94. The average molecular weight is 361 g/mol. The first kappa shape index (κ1) is 16.7. The maximum absolute atomic E-state index is 12.0. The van der Waals surface area contributed by atoms with E-state index in [2.05, 4.69) is 18.2 Å². The molecule has 4 aromatic rings. The van der Waals surface area contributed by atoms with E-state index in [1.165, 1.54) is 0 Å². The summed E-state index contributed by atoms with van der Waals surface area (Å²) in [6.07, 6.45) is 0. The largest absolute Gasteiger partial charge is 0.362 e. The summed E-state index contributed by atoms with van der Waals surface area (Å²) in [5.74, 6) is 0. The van der Waals surface area contributed by atoms with Crippen molar-refractivity contribution in [1.29, 1.82) is 0 Å². The molecule has 0 spiro atoms. The molecule has 134 valence electrons. The van der Waals surface area contributed by atoms with Crippen LogP contribution in [0.2, 0.25) is 0 Å². The second-order valence-corrected chi connectivity index (χ2v) is 6.96. The number of hydrogen-bond donors (Lipinski definition) is 1. The lowest BCUT2D eigenvalue weighted by molar-refractivity contribution is 0.0923. The molecular formula is C26H19NO. The quantitative estimate of drug-likeness (QED) is 0.509. The first-order valence-corrected chi connectivity index (χ1v) is 9.40. The first-order chi connectivity index (χ1) is 13.8. The van der Waals surface area contributed by atoms with Gasteiger partial charge in [0.2, 0.25) is 5.72 Å². The first-order valence-electron chi connectivity index (χ1n) is 9.40. The van der Waals surface area contributed by atoms with Crippen molar-refractivity contribution in [2.45, 2.75) is 5.72 Å². The van der Waals surface area contributed by atoms with Crippen LogP contribution in [0.15, 0.2) is 114 Å². The predicted molar refractivity (Wildman–Crippen MR) is 113 cm³/mol. The summed E-state index contributed by atoms with van der Waals surface area (Å²) in [5, 5.41) is 12.0. The lowest BCUT2D eigenvalue weighted by Gasteiger charge is -2.26. The summed E-state index contributed by atoms with van der Waals surface area (Å²) < 4.78 is 0. The van der Waals surface area contributed by atoms with Crippen molar-refractivity contribution in [3.63, 3.8) is 0 Å². The smallest absolute Gasteiger partial charge is 0.210 e. The monoisotopic (exact) mass is 361 g/mol. The number of aliphatic hydroxyl groups is 1. The van der Waals surface area contributed by atoms with Gasteiger partial charge in [0.25, 0.3) is 0 Å². The highest BCUT2D eigenvalue weighted by molar-refractivity contribution is 6.17. The molecule has 0 radical (unpaired) electrons. The molecule has 2 nitrogen and oxygen atoms in total. The molecule has 1 atom stereocenters. The zero-order valence-corrected chi connectivity index (χ0v) is 15.3. The van der Waals surface area contributed by atoms with Gasteiger partial charge in [0, 0.05) is 22.3 Å². The maximum atomic E-state index is 12.0. The van der Waals surface area contributed by atoms with Crippen LogP contribution in [0.3, 0.4) is 0 Å². The third-order valence-corrected chi connectivity index (χ3v) is 5.27. The minimum Gasteiger partial charge on any atom is -0.362 e. The molecule has 0 aromatic heterocycles. The normalized spacial score (nSPS) is 17.8. The number of rotatable bonds is 2. The van der Waals surface area contributed by atoms with Crippen LogP contribution in [0.4, 0.5) is 0 Å². The van der Waals surface area contributed by atoms with Crippen LogP contribution in [-0.2, 0) is 5.72 Å². The van der Waals surface area contributed by atoms with E-state index in [1.807, 2.05) is 91.0 Å². The van der Waals surface area contributed by atoms with Gasteiger partial charge in [0.05, 0.1) is 5.71 Å². The number of nitrogens with zero attached hydrogens (tertiary/aromatic N) is 1. The summed E-state index contributed by atoms with van der Waals surface area (Å²) in [7, 11) is 0. The maximum Gasteiger partial charge on any atom is 0.210 e. The van der Waals surface area contributed by atoms with Gasteiger partial charge in [0.1, 0.15) is 0 Å². The van der Waals surface area contributed by atoms with Crippen LogP contribution in [0, 0.1) is 0 Å². The Morgan fingerprint density at radius 2 is 1.07 bits per heavy atom. The van der Waals surface area contributed by atoms with Crippen molar-refractivity contribution in [2.24, 2.45) is 4.99 Å². The Bertz CT molecular complexity index is 1170. The van der Waals surface area contributed by atoms with Gasteiger partial charge in [0.15, 0.2) is 0 Å². The third kappa shape index (κ3) is 2.58. The Morgan fingerprint density at radius 3 is 1.79 bits per heavy atom. The molecule has 1 unspecified atom stereocenters. The standard InChI is InChI=1S/C26H19NO/c28-26(20-13-5-2-6-14-20)24-18-10-9-16-22(24)21-15-7-8-17-23(21)25(27-26)19-11-3-1-4-12-19/h1-18,28H. The fraction of sp³-hybridized carbons (Fsp3) is 0.0385. The molecule has 1 aliphatic heterocycles. The Labute approximate surface area is 164 Å². The molecular weight excluding hydrogens is 342 g/mol. The number of benzene rings is 4. The Balaban J connectivity index is 1.90. The molecule has 0 aliphatic carbocycles. The summed E-state index contributed by atoms with van der Waals surface area (Å²) in [5.41, 5.74) is 4.95. The highest BCUT2D eigenvalue weighted by Gasteiger charge is 2.37. The zero-order chi connectivity index (χ0) is 19.0. The van der Waals surface area contributed by atoms with Crippen molar-refractivity contribution in [3.8, 4) is 11.1 Å². The molecule has 1 heterocycles. The highest BCUT2D eigenvalue weighted by Crippen LogP contribution is 2.42. The Morgan fingerprint density at radius 1 is 0.536 bits per heavy atom. The van der Waals surface area contributed by atoms with Crippen molar-refractivity contribution >= 4 is 5.71 Å². The summed E-state index contributed by atoms with van der Waals surface area (Å²) in [6.45, 7) is 0. The van der Waals surface area contributed by atoms with E-state index in [1.54, 1.807) is 0 Å². The van der Waals surface area contributed by atoms with E-state index in [0.29, 0.717) is 0 Å². The molecule has 1 aliphatic rings. The number of fused-ring (bicyclic) bond motifs is 3. The fourth-order valence-electron chi connectivity index (χ4n) is 3.94. The molecule has 1 N–H and O–H groups in total. The van der Waals surface area contributed by atoms with E-state index >= 15 is 0 Å². The van der Waals surface area contributed by atoms with Gasteiger partial charge in [-0.1, -0.05) is 109 Å². The second-order valence-electron chi connectivity index (χ2n) is 6.96. The van der Waals surface area contributed by atoms with Crippen molar-refractivity contribution in [1.82, 2.24) is 0 Å². The van der Waals surface area contributed by atoms with E-state index in [-0.39, 0.29) is 0 Å². The van der Waals surface area contributed by atoms with E-state index in [9.17, 15) is 5.11 Å². The molecule has 4 aromatic carbocycles. The van der Waals surface area contributed by atoms with Gasteiger partial charge in [-0.3, -0.25) is 0 Å². The van der Waals surface area contributed by atoms with Crippen LogP contribution in [0.5, 0.6) is 0 Å². The zero-order valence-electron chi connectivity index (χ0n) is 15.3. The van der Waals surface area contributed by atoms with E-state index < -0.39 is 5.72 Å². The van der Waals surface area contributed by atoms with Crippen LogP contribution in [-0.4, -0.2) is 10.8 Å². The van der Waals surface area contributed by atoms with Crippen LogP contribution in [0.1, 0.15) is 22.3 Å². The van der Waals surface area contributed by atoms with E-state index in [4.69, 9.17) is 4.99 Å². The van der Waals surface area contributed by atoms with Gasteiger partial charge in [-0.25, -0.2) is 4.99 Å². The van der Waals surface area contributed by atoms with Gasteiger partial charge < -0.3 is 5.11 Å². The predicted octanol–water partition coefficient (Wildman–Crippen LogP) is 5.40.